The number of hydrogen-bond donors (Lipinski definition) is 1. The van der Waals surface area contributed by atoms with E-state index in [1.54, 1.807) is 23.3 Å². The number of alkyl halides is 3. The van der Waals surface area contributed by atoms with Gasteiger partial charge in [0.25, 0.3) is 0 Å². The topological polar surface area (TPSA) is 15.3 Å². The SMILES string of the molecule is Cc1sc(CNC(C)C)cc1CN(C)CCC(F)(F)F. The predicted molar refractivity (Wildman–Crippen MR) is 78.0 cm³/mol. The smallest absolute Gasteiger partial charge is 0.310 e. The van der Waals surface area contributed by atoms with Gasteiger partial charge in [0, 0.05) is 35.4 Å². The van der Waals surface area contributed by atoms with Crippen LogP contribution in [0.3, 0.4) is 0 Å². The molecule has 0 aliphatic rings. The van der Waals surface area contributed by atoms with Crippen LogP contribution in [0.15, 0.2) is 6.07 Å². The Morgan fingerprint density at radius 3 is 2.55 bits per heavy atom. The Kier molecular flexibility index (Phi) is 6.48. The lowest BCUT2D eigenvalue weighted by molar-refractivity contribution is -0.137. The first-order chi connectivity index (χ1) is 9.17. The highest BCUT2D eigenvalue weighted by Gasteiger charge is 2.27. The standard InChI is InChI=1S/C14H23F3N2S/c1-10(2)18-8-13-7-12(11(3)20-13)9-19(4)6-5-14(15,16)17/h7,10,18H,5-6,8-9H2,1-4H3. The maximum absolute atomic E-state index is 12.2. The number of nitrogens with one attached hydrogen (secondary N) is 1. The minimum absolute atomic E-state index is 0.0400. The summed E-state index contributed by atoms with van der Waals surface area (Å²) in [6.45, 7) is 7.63. The quantitative estimate of drug-likeness (QED) is 0.821. The first-order valence-electron chi connectivity index (χ1n) is 6.74. The number of rotatable bonds is 7. The van der Waals surface area contributed by atoms with E-state index in [1.807, 2.05) is 6.92 Å². The normalized spacial score (nSPS) is 12.7. The van der Waals surface area contributed by atoms with Crippen LogP contribution >= 0.6 is 11.3 Å². The molecule has 6 heteroatoms. The van der Waals surface area contributed by atoms with E-state index in [9.17, 15) is 13.2 Å². The molecule has 0 radical (unpaired) electrons. The second-order valence-electron chi connectivity index (χ2n) is 5.43. The van der Waals surface area contributed by atoms with E-state index in [2.05, 4.69) is 25.2 Å². The number of aryl methyl sites for hydroxylation is 1. The van der Waals surface area contributed by atoms with Gasteiger partial charge in [-0.1, -0.05) is 13.8 Å². The van der Waals surface area contributed by atoms with E-state index in [0.29, 0.717) is 12.6 Å². The molecular weight excluding hydrogens is 285 g/mol. The van der Waals surface area contributed by atoms with Crippen LogP contribution in [0.4, 0.5) is 13.2 Å². The predicted octanol–water partition coefficient (Wildman–Crippen LogP) is 3.94. The van der Waals surface area contributed by atoms with Gasteiger partial charge in [0.1, 0.15) is 0 Å². The molecule has 0 amide bonds. The summed E-state index contributed by atoms with van der Waals surface area (Å²) in [6.07, 6.45) is -4.83. The highest BCUT2D eigenvalue weighted by atomic mass is 32.1. The molecule has 0 aliphatic heterocycles. The molecule has 1 aromatic rings. The molecule has 116 valence electrons. The lowest BCUT2D eigenvalue weighted by Gasteiger charge is -2.17. The molecule has 0 saturated carbocycles. The highest BCUT2D eigenvalue weighted by molar-refractivity contribution is 7.12. The fraction of sp³-hybridized carbons (Fsp3) is 0.714. The van der Waals surface area contributed by atoms with Gasteiger partial charge < -0.3 is 10.2 Å². The summed E-state index contributed by atoms with van der Waals surface area (Å²) in [4.78, 5) is 4.14. The lowest BCUT2D eigenvalue weighted by atomic mass is 10.2. The van der Waals surface area contributed by atoms with E-state index in [1.165, 1.54) is 9.75 Å². The Hall–Kier alpha value is -0.590. The van der Waals surface area contributed by atoms with E-state index in [0.717, 1.165) is 12.1 Å². The maximum atomic E-state index is 12.2. The van der Waals surface area contributed by atoms with E-state index in [-0.39, 0.29) is 6.54 Å². The molecule has 1 N–H and O–H groups in total. The van der Waals surface area contributed by atoms with Crippen molar-refractivity contribution in [3.05, 3.63) is 21.4 Å². The third-order valence-electron chi connectivity index (χ3n) is 2.97. The summed E-state index contributed by atoms with van der Waals surface area (Å²) < 4.78 is 36.5. The Morgan fingerprint density at radius 1 is 1.35 bits per heavy atom. The monoisotopic (exact) mass is 308 g/mol. The minimum Gasteiger partial charge on any atom is -0.310 e. The Labute approximate surface area is 123 Å². The van der Waals surface area contributed by atoms with Crippen molar-refractivity contribution >= 4 is 11.3 Å². The molecule has 1 aromatic heterocycles. The fourth-order valence-electron chi connectivity index (χ4n) is 1.82. The zero-order valence-electron chi connectivity index (χ0n) is 12.5. The molecule has 1 rings (SSSR count). The molecule has 0 bridgehead atoms. The Morgan fingerprint density at radius 2 is 2.00 bits per heavy atom. The molecule has 0 saturated heterocycles. The molecule has 0 fully saturated rings. The van der Waals surface area contributed by atoms with Crippen molar-refractivity contribution in [2.45, 2.75) is 52.5 Å². The van der Waals surface area contributed by atoms with Crippen LogP contribution in [-0.4, -0.2) is 30.7 Å². The number of thiophene rings is 1. The number of halogens is 3. The van der Waals surface area contributed by atoms with Gasteiger partial charge in [-0.2, -0.15) is 13.2 Å². The summed E-state index contributed by atoms with van der Waals surface area (Å²) >= 11 is 1.71. The Balaban J connectivity index is 2.50. The van der Waals surface area contributed by atoms with Crippen LogP contribution in [0.5, 0.6) is 0 Å². The van der Waals surface area contributed by atoms with Crippen LogP contribution in [0, 0.1) is 6.92 Å². The average molecular weight is 308 g/mol. The van der Waals surface area contributed by atoms with Crippen molar-refractivity contribution < 1.29 is 13.2 Å². The molecule has 0 atom stereocenters. The van der Waals surface area contributed by atoms with Crippen LogP contribution in [-0.2, 0) is 13.1 Å². The van der Waals surface area contributed by atoms with Gasteiger partial charge >= 0.3 is 6.18 Å². The second-order valence-corrected chi connectivity index (χ2v) is 6.77. The van der Waals surface area contributed by atoms with Crippen LogP contribution in [0.1, 0.15) is 35.6 Å². The van der Waals surface area contributed by atoms with Crippen molar-refractivity contribution in [1.29, 1.82) is 0 Å². The molecule has 0 spiro atoms. The van der Waals surface area contributed by atoms with Gasteiger partial charge in [-0.15, -0.1) is 11.3 Å². The van der Waals surface area contributed by atoms with Gasteiger partial charge in [0.2, 0.25) is 0 Å². The molecule has 0 aliphatic carbocycles. The first kappa shape index (κ1) is 17.5. The third kappa shape index (κ3) is 6.72. The molecule has 20 heavy (non-hydrogen) atoms. The van der Waals surface area contributed by atoms with Gasteiger partial charge in [0.15, 0.2) is 0 Å². The zero-order valence-corrected chi connectivity index (χ0v) is 13.3. The summed E-state index contributed by atoms with van der Waals surface area (Å²) in [5.41, 5.74) is 1.13. The van der Waals surface area contributed by atoms with Gasteiger partial charge in [0.05, 0.1) is 6.42 Å². The summed E-state index contributed by atoms with van der Waals surface area (Å²) in [7, 11) is 1.73. The number of hydrogen-bond acceptors (Lipinski definition) is 3. The van der Waals surface area contributed by atoms with Crippen LogP contribution in [0.2, 0.25) is 0 Å². The summed E-state index contributed by atoms with van der Waals surface area (Å²) in [5.74, 6) is 0. The number of nitrogens with zero attached hydrogens (tertiary/aromatic N) is 1. The van der Waals surface area contributed by atoms with Gasteiger partial charge in [-0.05, 0) is 25.6 Å². The van der Waals surface area contributed by atoms with Crippen molar-refractivity contribution in [3.63, 3.8) is 0 Å². The van der Waals surface area contributed by atoms with Crippen molar-refractivity contribution in [2.75, 3.05) is 13.6 Å². The Bertz CT molecular complexity index is 413. The second kappa shape index (κ2) is 7.43. The van der Waals surface area contributed by atoms with Gasteiger partial charge in [-0.3, -0.25) is 0 Å². The lowest BCUT2D eigenvalue weighted by Crippen LogP contribution is -2.24. The summed E-state index contributed by atoms with van der Waals surface area (Å²) in [6, 6.07) is 2.52. The third-order valence-corrected chi connectivity index (χ3v) is 4.07. The maximum Gasteiger partial charge on any atom is 0.390 e. The van der Waals surface area contributed by atoms with Gasteiger partial charge in [-0.25, -0.2) is 0 Å². The van der Waals surface area contributed by atoms with E-state index >= 15 is 0 Å². The highest BCUT2D eigenvalue weighted by Crippen LogP contribution is 2.24. The van der Waals surface area contributed by atoms with E-state index < -0.39 is 12.6 Å². The first-order valence-corrected chi connectivity index (χ1v) is 7.56. The zero-order chi connectivity index (χ0) is 15.3. The molecule has 2 nitrogen and oxygen atoms in total. The molecule has 1 heterocycles. The van der Waals surface area contributed by atoms with E-state index in [4.69, 9.17) is 0 Å². The molecule has 0 unspecified atom stereocenters. The molecular formula is C14H23F3N2S. The molecule has 0 aromatic carbocycles. The average Bonchev–Trinajstić information content (AvgIpc) is 2.64. The van der Waals surface area contributed by atoms with Crippen molar-refractivity contribution in [1.82, 2.24) is 10.2 Å². The summed E-state index contributed by atoms with van der Waals surface area (Å²) in [5, 5.41) is 3.35. The minimum atomic E-state index is -4.08. The van der Waals surface area contributed by atoms with Crippen molar-refractivity contribution in [3.8, 4) is 0 Å². The van der Waals surface area contributed by atoms with Crippen LogP contribution in [0.25, 0.3) is 0 Å². The van der Waals surface area contributed by atoms with Crippen molar-refractivity contribution in [2.24, 2.45) is 0 Å². The van der Waals surface area contributed by atoms with Crippen LogP contribution < -0.4 is 5.32 Å². The largest absolute Gasteiger partial charge is 0.390 e. The fourth-order valence-corrected chi connectivity index (χ4v) is 2.83.